The van der Waals surface area contributed by atoms with Gasteiger partial charge in [-0.25, -0.2) is 0 Å². The number of carboxylic acids is 1. The van der Waals surface area contributed by atoms with E-state index in [1.54, 1.807) is 0 Å². The molecule has 4 nitrogen and oxygen atoms in total. The smallest absolute Gasteiger partial charge is 0.310 e. The van der Waals surface area contributed by atoms with Crippen molar-refractivity contribution in [3.8, 4) is 0 Å². The third-order valence-electron chi connectivity index (χ3n) is 4.91. The summed E-state index contributed by atoms with van der Waals surface area (Å²) in [4.78, 5) is 14.0. The van der Waals surface area contributed by atoms with E-state index in [0.29, 0.717) is 18.6 Å². The predicted molar refractivity (Wildman–Crippen MR) is 78.8 cm³/mol. The Bertz CT molecular complexity index is 328. The monoisotopic (exact) mass is 283 g/mol. The predicted octanol–water partition coefficient (Wildman–Crippen LogP) is 2.77. The minimum Gasteiger partial charge on any atom is -0.481 e. The number of rotatable bonds is 5. The summed E-state index contributed by atoms with van der Waals surface area (Å²) >= 11 is 0. The molecule has 20 heavy (non-hydrogen) atoms. The van der Waals surface area contributed by atoms with Crippen molar-refractivity contribution in [1.82, 2.24) is 4.90 Å². The first-order valence-electron chi connectivity index (χ1n) is 8.05. The van der Waals surface area contributed by atoms with Gasteiger partial charge < -0.3 is 14.7 Å². The van der Waals surface area contributed by atoms with E-state index < -0.39 is 11.4 Å². The number of likely N-dealkylation sites (N-methyl/N-ethyl adjacent to an activating group) is 1. The quantitative estimate of drug-likeness (QED) is 0.843. The van der Waals surface area contributed by atoms with Crippen LogP contribution in [0.3, 0.4) is 0 Å². The Morgan fingerprint density at radius 2 is 2.15 bits per heavy atom. The summed E-state index contributed by atoms with van der Waals surface area (Å²) in [7, 11) is 2.04. The van der Waals surface area contributed by atoms with Crippen molar-refractivity contribution < 1.29 is 14.6 Å². The van der Waals surface area contributed by atoms with Crippen LogP contribution in [0, 0.1) is 11.3 Å². The largest absolute Gasteiger partial charge is 0.481 e. The summed E-state index contributed by atoms with van der Waals surface area (Å²) < 4.78 is 5.76. The molecule has 0 spiro atoms. The first-order chi connectivity index (χ1) is 9.52. The second-order valence-corrected chi connectivity index (χ2v) is 6.97. The van der Waals surface area contributed by atoms with E-state index in [-0.39, 0.29) is 0 Å². The molecule has 1 saturated heterocycles. The molecule has 1 saturated carbocycles. The van der Waals surface area contributed by atoms with Crippen LogP contribution in [-0.4, -0.2) is 48.8 Å². The third kappa shape index (κ3) is 3.95. The molecule has 2 fully saturated rings. The van der Waals surface area contributed by atoms with Crippen LogP contribution in [0.15, 0.2) is 0 Å². The van der Waals surface area contributed by atoms with Gasteiger partial charge >= 0.3 is 5.97 Å². The molecule has 3 atom stereocenters. The second-order valence-electron chi connectivity index (χ2n) is 6.97. The number of ether oxygens (including phenoxy) is 1. The highest BCUT2D eigenvalue weighted by molar-refractivity contribution is 5.75. The molecule has 1 aliphatic heterocycles. The Morgan fingerprint density at radius 1 is 1.35 bits per heavy atom. The van der Waals surface area contributed by atoms with Gasteiger partial charge in [0.05, 0.1) is 11.5 Å². The van der Waals surface area contributed by atoms with Crippen molar-refractivity contribution in [2.75, 3.05) is 26.7 Å². The molecule has 0 bridgehead atoms. The van der Waals surface area contributed by atoms with E-state index in [1.165, 1.54) is 12.8 Å². The van der Waals surface area contributed by atoms with Gasteiger partial charge in [0.1, 0.15) is 0 Å². The molecule has 0 radical (unpaired) electrons. The van der Waals surface area contributed by atoms with Gasteiger partial charge in [0.25, 0.3) is 0 Å². The summed E-state index contributed by atoms with van der Waals surface area (Å²) in [5.41, 5.74) is -0.541. The zero-order valence-electron chi connectivity index (χ0n) is 12.9. The molecular formula is C16H29NO3. The number of hydrogen-bond donors (Lipinski definition) is 1. The molecule has 1 N–H and O–H groups in total. The van der Waals surface area contributed by atoms with Gasteiger partial charge in [0.2, 0.25) is 0 Å². The van der Waals surface area contributed by atoms with Crippen LogP contribution < -0.4 is 0 Å². The maximum Gasteiger partial charge on any atom is 0.310 e. The Morgan fingerprint density at radius 3 is 2.75 bits per heavy atom. The van der Waals surface area contributed by atoms with Gasteiger partial charge in [-0.3, -0.25) is 4.79 Å². The molecule has 0 aromatic heterocycles. The zero-order chi connectivity index (χ0) is 14.6. The van der Waals surface area contributed by atoms with Crippen LogP contribution in [-0.2, 0) is 9.53 Å². The summed E-state index contributed by atoms with van der Waals surface area (Å²) in [5.74, 6) is -0.0837. The van der Waals surface area contributed by atoms with Crippen LogP contribution in [0.25, 0.3) is 0 Å². The summed E-state index contributed by atoms with van der Waals surface area (Å²) in [6.45, 7) is 4.57. The van der Waals surface area contributed by atoms with Crippen LogP contribution in [0.4, 0.5) is 0 Å². The lowest BCUT2D eigenvalue weighted by molar-refractivity contribution is -0.153. The molecular weight excluding hydrogens is 254 g/mol. The van der Waals surface area contributed by atoms with Crippen LogP contribution in [0.5, 0.6) is 0 Å². The normalized spacial score (nSPS) is 35.1. The maximum atomic E-state index is 11.8. The molecule has 2 aliphatic rings. The van der Waals surface area contributed by atoms with Gasteiger partial charge in [0, 0.05) is 19.7 Å². The van der Waals surface area contributed by atoms with Gasteiger partial charge in [-0.2, -0.15) is 0 Å². The topological polar surface area (TPSA) is 49.8 Å². The van der Waals surface area contributed by atoms with Gasteiger partial charge in [-0.15, -0.1) is 0 Å². The highest BCUT2D eigenvalue weighted by Crippen LogP contribution is 2.40. The first kappa shape index (κ1) is 15.8. The fourth-order valence-electron chi connectivity index (χ4n) is 3.95. The minimum absolute atomic E-state index is 0.292. The molecule has 0 aromatic carbocycles. The van der Waals surface area contributed by atoms with E-state index in [2.05, 4.69) is 11.8 Å². The Balaban J connectivity index is 1.91. The van der Waals surface area contributed by atoms with Crippen molar-refractivity contribution in [3.05, 3.63) is 0 Å². The van der Waals surface area contributed by atoms with Crippen LogP contribution in [0.2, 0.25) is 0 Å². The lowest BCUT2D eigenvalue weighted by atomic mass is 9.69. The van der Waals surface area contributed by atoms with Crippen LogP contribution in [0.1, 0.15) is 51.9 Å². The minimum atomic E-state index is -0.611. The summed E-state index contributed by atoms with van der Waals surface area (Å²) in [6.07, 6.45) is 7.66. The summed E-state index contributed by atoms with van der Waals surface area (Å²) in [5, 5.41) is 9.70. The third-order valence-corrected chi connectivity index (χ3v) is 4.91. The molecule has 2 rings (SSSR count). The lowest BCUT2D eigenvalue weighted by Gasteiger charge is -2.40. The second kappa shape index (κ2) is 6.90. The van der Waals surface area contributed by atoms with Crippen molar-refractivity contribution in [3.63, 3.8) is 0 Å². The number of carboxylic acid groups (broad SMARTS) is 1. The number of hydrogen-bond acceptors (Lipinski definition) is 3. The summed E-state index contributed by atoms with van der Waals surface area (Å²) in [6, 6.07) is 0. The molecule has 4 heteroatoms. The fourth-order valence-corrected chi connectivity index (χ4v) is 3.95. The average molecular weight is 283 g/mol. The fraction of sp³-hybridized carbons (Fsp3) is 0.938. The van der Waals surface area contributed by atoms with E-state index in [0.717, 1.165) is 45.3 Å². The van der Waals surface area contributed by atoms with E-state index in [4.69, 9.17) is 4.74 Å². The molecule has 116 valence electrons. The molecule has 1 heterocycles. The first-order valence-corrected chi connectivity index (χ1v) is 8.05. The molecule has 0 amide bonds. The van der Waals surface area contributed by atoms with Gasteiger partial charge in [-0.1, -0.05) is 19.8 Å². The Hall–Kier alpha value is -0.610. The maximum absolute atomic E-state index is 11.8. The van der Waals surface area contributed by atoms with E-state index >= 15 is 0 Å². The Kier molecular flexibility index (Phi) is 5.44. The number of nitrogens with zero attached hydrogens (tertiary/aromatic N) is 1. The highest BCUT2D eigenvalue weighted by atomic mass is 16.5. The Labute approximate surface area is 122 Å². The van der Waals surface area contributed by atoms with Crippen molar-refractivity contribution >= 4 is 5.97 Å². The SMILES string of the molecule is CC1CCCC(CN(C)CC2CCCCO2)(C(=O)O)C1. The standard InChI is InChI=1S/C16H29NO3/c1-13-6-5-8-16(10-13,15(18)19)12-17(2)11-14-7-3-4-9-20-14/h13-14H,3-12H2,1-2H3,(H,18,19). The van der Waals surface area contributed by atoms with Crippen molar-refractivity contribution in [2.45, 2.75) is 58.0 Å². The zero-order valence-corrected chi connectivity index (χ0v) is 12.9. The van der Waals surface area contributed by atoms with Gasteiger partial charge in [-0.05, 0) is 45.1 Å². The lowest BCUT2D eigenvalue weighted by Crippen LogP contribution is -2.47. The number of carbonyl (C=O) groups is 1. The van der Waals surface area contributed by atoms with Gasteiger partial charge in [0.15, 0.2) is 0 Å². The van der Waals surface area contributed by atoms with Crippen molar-refractivity contribution in [2.24, 2.45) is 11.3 Å². The number of aliphatic carboxylic acids is 1. The molecule has 1 aliphatic carbocycles. The molecule has 3 unspecified atom stereocenters. The van der Waals surface area contributed by atoms with Crippen LogP contribution >= 0.6 is 0 Å². The highest BCUT2D eigenvalue weighted by Gasteiger charge is 2.42. The van der Waals surface area contributed by atoms with E-state index in [1.807, 2.05) is 7.05 Å². The van der Waals surface area contributed by atoms with Crippen molar-refractivity contribution in [1.29, 1.82) is 0 Å². The van der Waals surface area contributed by atoms with E-state index in [9.17, 15) is 9.90 Å². The average Bonchev–Trinajstić information content (AvgIpc) is 2.39. The molecule has 0 aromatic rings.